The van der Waals surface area contributed by atoms with Gasteiger partial charge in [0, 0.05) is 6.42 Å². The highest BCUT2D eigenvalue weighted by Crippen LogP contribution is 2.13. The van der Waals surface area contributed by atoms with Crippen molar-refractivity contribution in [2.45, 2.75) is 110 Å². The van der Waals surface area contributed by atoms with Crippen LogP contribution in [0.2, 0.25) is 0 Å². The van der Waals surface area contributed by atoms with Gasteiger partial charge in [-0.05, 0) is 6.42 Å². The zero-order chi connectivity index (χ0) is 15.6. The summed E-state index contributed by atoms with van der Waals surface area (Å²) in [6, 6.07) is 0. The van der Waals surface area contributed by atoms with E-state index in [0.29, 0.717) is 6.42 Å². The van der Waals surface area contributed by atoms with Crippen LogP contribution in [0.1, 0.15) is 110 Å². The Hall–Kier alpha value is -0.530. The molecule has 0 aliphatic heterocycles. The van der Waals surface area contributed by atoms with E-state index < -0.39 is 0 Å². The highest BCUT2D eigenvalue weighted by atomic mass is 16.1. The predicted octanol–water partition coefficient (Wildman–Crippen LogP) is 6.03. The van der Waals surface area contributed by atoms with Gasteiger partial charge in [-0.3, -0.25) is 4.79 Å². The van der Waals surface area contributed by atoms with E-state index in [1.165, 1.54) is 83.5 Å². The Morgan fingerprint density at radius 2 is 1.00 bits per heavy atom. The van der Waals surface area contributed by atoms with Gasteiger partial charge in [0.05, 0.1) is 7.05 Å². The van der Waals surface area contributed by atoms with E-state index >= 15 is 0 Å². The van der Waals surface area contributed by atoms with E-state index in [-0.39, 0.29) is 5.91 Å². The molecule has 0 aliphatic rings. The molecule has 0 aromatic heterocycles. The smallest absolute Gasteiger partial charge is 0.220 e. The van der Waals surface area contributed by atoms with Crippen LogP contribution in [0.4, 0.5) is 0 Å². The van der Waals surface area contributed by atoms with Gasteiger partial charge in [0.1, 0.15) is 0 Å². The number of amides is 1. The molecule has 0 bridgehead atoms. The third kappa shape index (κ3) is 17.4. The van der Waals surface area contributed by atoms with E-state index in [2.05, 4.69) is 12.2 Å². The van der Waals surface area contributed by atoms with Crippen molar-refractivity contribution in [1.82, 2.24) is 5.32 Å². The lowest BCUT2D eigenvalue weighted by Crippen LogP contribution is -2.14. The first-order valence-electron chi connectivity index (χ1n) is 9.30. The van der Waals surface area contributed by atoms with Gasteiger partial charge in [-0.2, -0.15) is 0 Å². The lowest BCUT2D eigenvalue weighted by atomic mass is 10.0. The van der Waals surface area contributed by atoms with Crippen LogP contribution >= 0.6 is 0 Å². The Bertz CT molecular complexity index is 216. The fraction of sp³-hybridized carbons (Fsp3) is 0.895. The normalized spacial score (nSPS) is 10.8. The summed E-state index contributed by atoms with van der Waals surface area (Å²) in [4.78, 5) is 10.9. The Kier molecular flexibility index (Phi) is 17.1. The van der Waals surface area contributed by atoms with Crippen molar-refractivity contribution in [2.75, 3.05) is 0 Å². The number of hydrogen-bond donors (Lipinski definition) is 1. The van der Waals surface area contributed by atoms with Crippen molar-refractivity contribution >= 4 is 5.91 Å². The van der Waals surface area contributed by atoms with Gasteiger partial charge < -0.3 is 5.32 Å². The topological polar surface area (TPSA) is 29.1 Å². The Morgan fingerprint density at radius 3 is 1.33 bits per heavy atom. The summed E-state index contributed by atoms with van der Waals surface area (Å²) in [5.41, 5.74) is 0. The van der Waals surface area contributed by atoms with Crippen molar-refractivity contribution in [3.63, 3.8) is 0 Å². The van der Waals surface area contributed by atoms with Gasteiger partial charge in [0.15, 0.2) is 0 Å². The standard InChI is InChI=1S/C19H37NO/c1-3-4-5-6-7-8-9-10-11-12-13-14-15-16-17-18-19(21)20-2/h2H,3-18H2,1H3,(H,20,21). The van der Waals surface area contributed by atoms with Crippen molar-refractivity contribution in [3.05, 3.63) is 7.05 Å². The number of hydrogen-bond acceptors (Lipinski definition) is 1. The first-order valence-corrected chi connectivity index (χ1v) is 9.30. The molecule has 21 heavy (non-hydrogen) atoms. The number of carbonyl (C=O) groups excluding carboxylic acids is 1. The SMILES string of the molecule is [CH]NC(=O)CCCCCCCCCCCCCCCCC. The second-order valence-corrected chi connectivity index (χ2v) is 6.27. The summed E-state index contributed by atoms with van der Waals surface area (Å²) < 4.78 is 0. The molecule has 0 fully saturated rings. The molecule has 0 atom stereocenters. The molecule has 0 heterocycles. The summed E-state index contributed by atoms with van der Waals surface area (Å²) in [6.45, 7) is 2.27. The second-order valence-electron chi connectivity index (χ2n) is 6.27. The number of unbranched alkanes of at least 4 members (excludes halogenated alkanes) is 14. The third-order valence-electron chi connectivity index (χ3n) is 4.17. The van der Waals surface area contributed by atoms with Crippen molar-refractivity contribution in [1.29, 1.82) is 0 Å². The molecule has 0 aromatic carbocycles. The molecule has 0 unspecified atom stereocenters. The Labute approximate surface area is 133 Å². The molecular formula is C19H37NO. The van der Waals surface area contributed by atoms with Crippen LogP contribution in [0.25, 0.3) is 0 Å². The highest BCUT2D eigenvalue weighted by molar-refractivity contribution is 5.75. The van der Waals surface area contributed by atoms with Crippen LogP contribution in [0, 0.1) is 7.05 Å². The molecular weight excluding hydrogens is 258 g/mol. The molecule has 2 nitrogen and oxygen atoms in total. The average molecular weight is 296 g/mol. The summed E-state index contributed by atoms with van der Waals surface area (Å²) in [5.74, 6) is -0.0373. The zero-order valence-corrected chi connectivity index (χ0v) is 14.3. The van der Waals surface area contributed by atoms with E-state index in [9.17, 15) is 4.79 Å². The van der Waals surface area contributed by atoms with Gasteiger partial charge in [-0.1, -0.05) is 96.8 Å². The number of rotatable bonds is 16. The monoisotopic (exact) mass is 295 g/mol. The molecule has 0 aromatic rings. The molecule has 0 saturated heterocycles. The molecule has 1 N–H and O–H groups in total. The molecule has 2 radical (unpaired) electrons. The van der Waals surface area contributed by atoms with Crippen LogP contribution in [0.5, 0.6) is 0 Å². The summed E-state index contributed by atoms with van der Waals surface area (Å²) in [5, 5.41) is 2.18. The Balaban J connectivity index is 2.98. The quantitative estimate of drug-likeness (QED) is 0.273. The predicted molar refractivity (Wildman–Crippen MR) is 92.0 cm³/mol. The van der Waals surface area contributed by atoms with Crippen molar-refractivity contribution < 1.29 is 4.79 Å². The van der Waals surface area contributed by atoms with Crippen LogP contribution in [0.15, 0.2) is 0 Å². The minimum Gasteiger partial charge on any atom is -0.349 e. The average Bonchev–Trinajstić information content (AvgIpc) is 2.50. The zero-order valence-electron chi connectivity index (χ0n) is 14.3. The lowest BCUT2D eigenvalue weighted by molar-refractivity contribution is -0.120. The molecule has 0 rings (SSSR count). The van der Waals surface area contributed by atoms with Crippen molar-refractivity contribution in [3.8, 4) is 0 Å². The largest absolute Gasteiger partial charge is 0.349 e. The molecule has 0 saturated carbocycles. The fourth-order valence-electron chi connectivity index (χ4n) is 2.73. The van der Waals surface area contributed by atoms with Gasteiger partial charge in [-0.25, -0.2) is 0 Å². The highest BCUT2D eigenvalue weighted by Gasteiger charge is 1.97. The maximum absolute atomic E-state index is 10.9. The van der Waals surface area contributed by atoms with Crippen LogP contribution in [-0.4, -0.2) is 5.91 Å². The van der Waals surface area contributed by atoms with Crippen molar-refractivity contribution in [2.24, 2.45) is 0 Å². The molecule has 0 aliphatic carbocycles. The van der Waals surface area contributed by atoms with Crippen LogP contribution in [-0.2, 0) is 4.79 Å². The first-order chi connectivity index (χ1) is 10.3. The van der Waals surface area contributed by atoms with E-state index in [1.807, 2.05) is 0 Å². The van der Waals surface area contributed by atoms with Gasteiger partial charge >= 0.3 is 0 Å². The maximum Gasteiger partial charge on any atom is 0.220 e. The molecule has 0 spiro atoms. The fourth-order valence-corrected chi connectivity index (χ4v) is 2.73. The number of nitrogens with one attached hydrogen (secondary N) is 1. The van der Waals surface area contributed by atoms with E-state index in [1.54, 1.807) is 0 Å². The third-order valence-corrected chi connectivity index (χ3v) is 4.17. The van der Waals surface area contributed by atoms with E-state index in [0.717, 1.165) is 12.8 Å². The maximum atomic E-state index is 10.9. The second kappa shape index (κ2) is 17.5. The minimum absolute atomic E-state index is 0.0373. The summed E-state index contributed by atoms with van der Waals surface area (Å²) in [6.07, 6.45) is 20.8. The minimum atomic E-state index is -0.0373. The Morgan fingerprint density at radius 1 is 0.667 bits per heavy atom. The summed E-state index contributed by atoms with van der Waals surface area (Å²) >= 11 is 0. The van der Waals surface area contributed by atoms with E-state index in [4.69, 9.17) is 7.05 Å². The molecule has 1 amide bonds. The van der Waals surface area contributed by atoms with Crippen LogP contribution in [0.3, 0.4) is 0 Å². The first kappa shape index (κ1) is 20.5. The van der Waals surface area contributed by atoms with Gasteiger partial charge in [0.25, 0.3) is 0 Å². The van der Waals surface area contributed by atoms with Gasteiger partial charge in [0.2, 0.25) is 5.91 Å². The number of carbonyl (C=O) groups is 1. The van der Waals surface area contributed by atoms with Crippen LogP contribution < -0.4 is 5.32 Å². The lowest BCUT2D eigenvalue weighted by Gasteiger charge is -2.03. The summed E-state index contributed by atoms with van der Waals surface area (Å²) in [7, 11) is 5.03. The molecule has 2 heteroatoms. The van der Waals surface area contributed by atoms with Gasteiger partial charge in [-0.15, -0.1) is 0 Å². The molecule has 124 valence electrons.